The van der Waals surface area contributed by atoms with Crippen molar-refractivity contribution in [2.24, 2.45) is 0 Å². The first-order valence-electron chi connectivity index (χ1n) is 7.41. The van der Waals surface area contributed by atoms with Crippen LogP contribution in [0.3, 0.4) is 0 Å². The summed E-state index contributed by atoms with van der Waals surface area (Å²) in [5.74, 6) is -0.406. The van der Waals surface area contributed by atoms with Gasteiger partial charge in [0.25, 0.3) is 0 Å². The number of hydrogen-bond acceptors (Lipinski definition) is 3. The second-order valence-corrected chi connectivity index (χ2v) is 6.24. The Labute approximate surface area is 143 Å². The molecule has 0 saturated carbocycles. The van der Waals surface area contributed by atoms with E-state index in [-0.39, 0.29) is 11.7 Å². The molecule has 1 N–H and O–H groups in total. The van der Waals surface area contributed by atoms with E-state index in [9.17, 15) is 9.18 Å². The highest BCUT2D eigenvalue weighted by atomic mass is 32.1. The number of rotatable bonds is 5. The fourth-order valence-corrected chi connectivity index (χ4v) is 3.04. The van der Waals surface area contributed by atoms with Crippen LogP contribution in [0, 0.1) is 5.82 Å². The highest BCUT2D eigenvalue weighted by Gasteiger charge is 2.02. The van der Waals surface area contributed by atoms with Crippen LogP contribution in [-0.4, -0.2) is 10.9 Å². The highest BCUT2D eigenvalue weighted by molar-refractivity contribution is 7.16. The van der Waals surface area contributed by atoms with Crippen LogP contribution in [0.4, 0.5) is 4.39 Å². The summed E-state index contributed by atoms with van der Waals surface area (Å²) in [6.07, 6.45) is 6.70. The molecule has 5 heteroatoms. The number of pyridine rings is 1. The summed E-state index contributed by atoms with van der Waals surface area (Å²) in [5.41, 5.74) is 1.91. The fraction of sp³-hybridized carbons (Fsp3) is 0.0526. The second-order valence-electron chi connectivity index (χ2n) is 5.12. The van der Waals surface area contributed by atoms with Gasteiger partial charge < -0.3 is 5.32 Å². The van der Waals surface area contributed by atoms with Crippen molar-refractivity contribution >= 4 is 23.3 Å². The minimum atomic E-state index is -0.249. The molecule has 0 atom stereocenters. The average Bonchev–Trinajstić information content (AvgIpc) is 3.09. The van der Waals surface area contributed by atoms with Gasteiger partial charge in [-0.3, -0.25) is 9.78 Å². The van der Waals surface area contributed by atoms with Crippen molar-refractivity contribution < 1.29 is 9.18 Å². The summed E-state index contributed by atoms with van der Waals surface area (Å²) in [6.45, 7) is 0.447. The Morgan fingerprint density at radius 1 is 1.17 bits per heavy atom. The first-order valence-corrected chi connectivity index (χ1v) is 8.23. The molecule has 0 aliphatic heterocycles. The number of aromatic nitrogens is 1. The number of nitrogens with zero attached hydrogens (tertiary/aromatic N) is 1. The topological polar surface area (TPSA) is 42.0 Å². The van der Waals surface area contributed by atoms with Crippen LogP contribution >= 0.6 is 11.3 Å². The van der Waals surface area contributed by atoms with Crippen molar-refractivity contribution in [3.63, 3.8) is 0 Å². The van der Waals surface area contributed by atoms with Crippen molar-refractivity contribution in [3.8, 4) is 10.4 Å². The van der Waals surface area contributed by atoms with Gasteiger partial charge in [0.15, 0.2) is 0 Å². The van der Waals surface area contributed by atoms with Crippen LogP contribution in [0.2, 0.25) is 0 Å². The largest absolute Gasteiger partial charge is 0.348 e. The minimum absolute atomic E-state index is 0.157. The van der Waals surface area contributed by atoms with Gasteiger partial charge in [0.05, 0.1) is 0 Å². The lowest BCUT2D eigenvalue weighted by Crippen LogP contribution is -2.20. The van der Waals surface area contributed by atoms with Crippen LogP contribution in [0.1, 0.15) is 10.4 Å². The lowest BCUT2D eigenvalue weighted by Gasteiger charge is -2.00. The smallest absolute Gasteiger partial charge is 0.244 e. The van der Waals surface area contributed by atoms with E-state index in [1.165, 1.54) is 18.2 Å². The molecule has 0 aliphatic carbocycles. The van der Waals surface area contributed by atoms with Crippen molar-refractivity contribution in [1.82, 2.24) is 10.3 Å². The summed E-state index contributed by atoms with van der Waals surface area (Å²) in [7, 11) is 0. The van der Waals surface area contributed by atoms with Gasteiger partial charge in [-0.2, -0.15) is 0 Å². The Balaban J connectivity index is 1.58. The van der Waals surface area contributed by atoms with Gasteiger partial charge in [0, 0.05) is 34.8 Å². The molecular weight excluding hydrogens is 323 g/mol. The van der Waals surface area contributed by atoms with Gasteiger partial charge >= 0.3 is 0 Å². The number of carbonyl (C=O) groups is 1. The molecule has 2 aromatic heterocycles. The predicted octanol–water partition coefficient (Wildman–Crippen LogP) is 4.28. The van der Waals surface area contributed by atoms with Crippen LogP contribution in [0.25, 0.3) is 16.5 Å². The Morgan fingerprint density at radius 3 is 2.75 bits per heavy atom. The third kappa shape index (κ3) is 4.36. The number of halogens is 1. The summed E-state index contributed by atoms with van der Waals surface area (Å²) < 4.78 is 13.0. The highest BCUT2D eigenvalue weighted by Crippen LogP contribution is 2.28. The summed E-state index contributed by atoms with van der Waals surface area (Å²) in [6, 6.07) is 14.0. The molecule has 0 fully saturated rings. The van der Waals surface area contributed by atoms with E-state index >= 15 is 0 Å². The van der Waals surface area contributed by atoms with Gasteiger partial charge in [0.1, 0.15) is 5.82 Å². The molecule has 3 nitrogen and oxygen atoms in total. The SMILES string of the molecule is O=C(/C=C/c1ccc(-c2ccc(F)cc2)s1)NCc1cccnc1. The van der Waals surface area contributed by atoms with Gasteiger partial charge in [0.2, 0.25) is 5.91 Å². The van der Waals surface area contributed by atoms with Crippen LogP contribution in [-0.2, 0) is 11.3 Å². The maximum absolute atomic E-state index is 13.0. The minimum Gasteiger partial charge on any atom is -0.348 e. The van der Waals surface area contributed by atoms with Crippen molar-refractivity contribution in [2.45, 2.75) is 6.54 Å². The van der Waals surface area contributed by atoms with Gasteiger partial charge in [-0.25, -0.2) is 4.39 Å². The standard InChI is InChI=1S/C19H15FN2OS/c20-16-5-3-15(4-6-16)18-9-7-17(24-18)8-10-19(23)22-13-14-2-1-11-21-12-14/h1-12H,13H2,(H,22,23)/b10-8+. The number of benzene rings is 1. The van der Waals surface area contributed by atoms with E-state index < -0.39 is 0 Å². The van der Waals surface area contributed by atoms with E-state index in [2.05, 4.69) is 10.3 Å². The van der Waals surface area contributed by atoms with Gasteiger partial charge in [-0.1, -0.05) is 18.2 Å². The molecule has 0 radical (unpaired) electrons. The second kappa shape index (κ2) is 7.66. The number of hydrogen-bond donors (Lipinski definition) is 1. The molecule has 0 unspecified atom stereocenters. The summed E-state index contributed by atoms with van der Waals surface area (Å²) in [5, 5.41) is 2.81. The number of amides is 1. The molecule has 1 amide bonds. The molecule has 1 aromatic carbocycles. The monoisotopic (exact) mass is 338 g/mol. The molecule has 120 valence electrons. The molecule has 3 aromatic rings. The third-order valence-corrected chi connectivity index (χ3v) is 4.44. The van der Waals surface area contributed by atoms with E-state index in [1.807, 2.05) is 24.3 Å². The number of carbonyl (C=O) groups excluding carboxylic acids is 1. The van der Waals surface area contributed by atoms with Gasteiger partial charge in [-0.05, 0) is 47.5 Å². The van der Waals surface area contributed by atoms with E-state index in [0.29, 0.717) is 6.54 Å². The van der Waals surface area contributed by atoms with Gasteiger partial charge in [-0.15, -0.1) is 11.3 Å². The molecule has 0 aliphatic rings. The summed E-state index contributed by atoms with van der Waals surface area (Å²) in [4.78, 5) is 17.8. The Kier molecular flexibility index (Phi) is 5.13. The molecule has 0 saturated heterocycles. The molecule has 2 heterocycles. The molecule has 0 spiro atoms. The molecule has 24 heavy (non-hydrogen) atoms. The molecule has 0 bridgehead atoms. The normalized spacial score (nSPS) is 10.9. The van der Waals surface area contributed by atoms with Crippen LogP contribution in [0.5, 0.6) is 0 Å². The third-order valence-electron chi connectivity index (χ3n) is 3.34. The molecular formula is C19H15FN2OS. The van der Waals surface area contributed by atoms with Crippen molar-refractivity contribution in [3.05, 3.63) is 83.3 Å². The lowest BCUT2D eigenvalue weighted by atomic mass is 10.2. The Hall–Kier alpha value is -2.79. The van der Waals surface area contributed by atoms with E-state index in [0.717, 1.165) is 20.9 Å². The zero-order valence-electron chi connectivity index (χ0n) is 12.8. The fourth-order valence-electron chi connectivity index (χ4n) is 2.12. The summed E-state index contributed by atoms with van der Waals surface area (Å²) >= 11 is 1.55. The maximum Gasteiger partial charge on any atom is 0.244 e. The van der Waals surface area contributed by atoms with E-state index in [4.69, 9.17) is 0 Å². The van der Waals surface area contributed by atoms with Crippen molar-refractivity contribution in [1.29, 1.82) is 0 Å². The molecule has 3 rings (SSSR count). The van der Waals surface area contributed by atoms with Crippen molar-refractivity contribution in [2.75, 3.05) is 0 Å². The first-order chi connectivity index (χ1) is 11.7. The Morgan fingerprint density at radius 2 is 2.00 bits per heavy atom. The quantitative estimate of drug-likeness (QED) is 0.706. The zero-order valence-corrected chi connectivity index (χ0v) is 13.6. The average molecular weight is 338 g/mol. The van der Waals surface area contributed by atoms with E-state index in [1.54, 1.807) is 41.9 Å². The Bertz CT molecular complexity index is 841. The first kappa shape index (κ1) is 16.1. The maximum atomic E-state index is 13.0. The predicted molar refractivity (Wildman–Crippen MR) is 94.8 cm³/mol. The van der Waals surface area contributed by atoms with Crippen LogP contribution < -0.4 is 5.32 Å². The lowest BCUT2D eigenvalue weighted by molar-refractivity contribution is -0.116. The van der Waals surface area contributed by atoms with Crippen LogP contribution in [0.15, 0.2) is 67.0 Å². The zero-order chi connectivity index (χ0) is 16.8. The number of nitrogens with one attached hydrogen (secondary N) is 1. The number of thiophene rings is 1.